The zero-order valence-electron chi connectivity index (χ0n) is 20.3. The normalized spacial score (nSPS) is 11.5. The summed E-state index contributed by atoms with van der Waals surface area (Å²) in [6.45, 7) is 11.6. The number of nitrogens with one attached hydrogen (secondary N) is 1. The number of para-hydroxylation sites is 2. The van der Waals surface area contributed by atoms with Gasteiger partial charge in [0.15, 0.2) is 0 Å². The predicted molar refractivity (Wildman–Crippen MR) is 143 cm³/mol. The molecule has 32 heavy (non-hydrogen) atoms. The first-order chi connectivity index (χ1) is 15.5. The molecule has 1 N–H and O–H groups in total. The molecule has 2 nitrogen and oxygen atoms in total. The van der Waals surface area contributed by atoms with Gasteiger partial charge in [0.2, 0.25) is 0 Å². The highest BCUT2D eigenvalue weighted by Gasteiger charge is 2.21. The summed E-state index contributed by atoms with van der Waals surface area (Å²) in [7, 11) is 0. The smallest absolute Gasteiger partial charge is 0.411 e. The van der Waals surface area contributed by atoms with E-state index in [1.54, 1.807) is 0 Å². The van der Waals surface area contributed by atoms with Crippen LogP contribution in [0.5, 0.6) is 0 Å². The zero-order valence-corrected chi connectivity index (χ0v) is 21.5. The van der Waals surface area contributed by atoms with Crippen molar-refractivity contribution in [3.63, 3.8) is 0 Å². The van der Waals surface area contributed by atoms with Gasteiger partial charge in [0, 0.05) is 11.9 Å². The Morgan fingerprint density at radius 3 is 2.06 bits per heavy atom. The number of hydrogen-bond donors (Lipinski definition) is 1. The summed E-state index contributed by atoms with van der Waals surface area (Å²) in [4.78, 5) is 4.68. The SMILES string of the molecule is C[CH2][Al]([CH2]Cc1ccccc1C=Nc1ccccc1)[NH]c1c(C(C)C)cccc1C(C)C. The quantitative estimate of drug-likeness (QED) is 0.249. The monoisotopic (exact) mass is 440 g/mol. The number of benzene rings is 3. The predicted octanol–water partition coefficient (Wildman–Crippen LogP) is 8.35. The van der Waals surface area contributed by atoms with Gasteiger partial charge in [-0.3, -0.25) is 4.99 Å². The van der Waals surface area contributed by atoms with Crippen molar-refractivity contribution in [1.82, 2.24) is 0 Å². The lowest BCUT2D eigenvalue weighted by Crippen LogP contribution is -2.26. The maximum Gasteiger partial charge on any atom is 0.411 e. The van der Waals surface area contributed by atoms with Crippen molar-refractivity contribution in [2.75, 3.05) is 4.30 Å². The van der Waals surface area contributed by atoms with Gasteiger partial charge in [0.25, 0.3) is 0 Å². The van der Waals surface area contributed by atoms with Crippen LogP contribution in [0.2, 0.25) is 10.6 Å². The van der Waals surface area contributed by atoms with E-state index in [0.717, 1.165) is 12.1 Å². The molecule has 3 aromatic carbocycles. The molecule has 0 aliphatic heterocycles. The Labute approximate surface area is 199 Å². The third kappa shape index (κ3) is 6.58. The van der Waals surface area contributed by atoms with Crippen LogP contribution in [0, 0.1) is 0 Å². The highest BCUT2D eigenvalue weighted by atomic mass is 27.2. The Morgan fingerprint density at radius 2 is 1.44 bits per heavy atom. The van der Waals surface area contributed by atoms with Gasteiger partial charge in [-0.1, -0.05) is 106 Å². The minimum atomic E-state index is -1.14. The summed E-state index contributed by atoms with van der Waals surface area (Å²) in [6.07, 6.45) is 3.11. The maximum absolute atomic E-state index is 4.68. The highest BCUT2D eigenvalue weighted by Crippen LogP contribution is 2.33. The molecule has 0 aliphatic rings. The van der Waals surface area contributed by atoms with Crippen molar-refractivity contribution < 1.29 is 0 Å². The lowest BCUT2D eigenvalue weighted by atomic mass is 9.93. The molecule has 3 rings (SSSR count). The van der Waals surface area contributed by atoms with Gasteiger partial charge in [-0.2, -0.15) is 0 Å². The van der Waals surface area contributed by atoms with Crippen LogP contribution in [0.4, 0.5) is 11.4 Å². The Hall–Kier alpha value is -2.34. The van der Waals surface area contributed by atoms with Gasteiger partial charge in [-0.25, -0.2) is 0 Å². The van der Waals surface area contributed by atoms with Crippen LogP contribution >= 0.6 is 0 Å². The molecular formula is C29H37AlN2. The van der Waals surface area contributed by atoms with Crippen LogP contribution in [0.3, 0.4) is 0 Å². The lowest BCUT2D eigenvalue weighted by Gasteiger charge is -2.24. The number of rotatable bonds is 10. The first kappa shape index (κ1) is 24.3. The van der Waals surface area contributed by atoms with Crippen molar-refractivity contribution in [2.24, 2.45) is 4.99 Å². The molecule has 3 aromatic rings. The van der Waals surface area contributed by atoms with E-state index in [1.807, 2.05) is 36.5 Å². The number of anilines is 1. The summed E-state index contributed by atoms with van der Waals surface area (Å²) >= 11 is -1.14. The minimum absolute atomic E-state index is 0.526. The van der Waals surface area contributed by atoms with E-state index in [1.165, 1.54) is 38.5 Å². The van der Waals surface area contributed by atoms with Crippen molar-refractivity contribution in [3.05, 3.63) is 95.1 Å². The van der Waals surface area contributed by atoms with E-state index in [0.29, 0.717) is 11.8 Å². The summed E-state index contributed by atoms with van der Waals surface area (Å²) in [5, 5.41) is 2.47. The molecule has 0 aliphatic carbocycles. The second-order valence-electron chi connectivity index (χ2n) is 9.20. The van der Waals surface area contributed by atoms with E-state index in [9.17, 15) is 0 Å². The molecule has 0 saturated carbocycles. The Balaban J connectivity index is 1.76. The second-order valence-corrected chi connectivity index (χ2v) is 12.3. The van der Waals surface area contributed by atoms with E-state index < -0.39 is 14.4 Å². The van der Waals surface area contributed by atoms with Crippen LogP contribution < -0.4 is 4.30 Å². The molecule has 0 unspecified atom stereocenters. The van der Waals surface area contributed by atoms with Crippen molar-refractivity contribution in [3.8, 4) is 0 Å². The molecule has 0 radical (unpaired) electrons. The van der Waals surface area contributed by atoms with E-state index in [2.05, 4.69) is 86.4 Å². The minimum Gasteiger partial charge on any atom is -0.476 e. The molecule has 0 spiro atoms. The van der Waals surface area contributed by atoms with Gasteiger partial charge < -0.3 is 4.30 Å². The molecule has 0 heterocycles. The summed E-state index contributed by atoms with van der Waals surface area (Å²) in [6, 6.07) is 25.7. The first-order valence-corrected chi connectivity index (χ1v) is 14.3. The standard InChI is InChI=1S/C15H14N.C12H18N.C2H5.Al/c1-2-13-8-6-7-9-14(13)12-16-15-10-4-3-5-11-15;1-8(2)10-6-5-7-11(9(3)4)12(10)13;1-2;/h3-12H,1-2H2;5-9,13H,1-4H3;1H2,2H3;/q;-1;;+1. The fourth-order valence-electron chi connectivity index (χ4n) is 4.18. The van der Waals surface area contributed by atoms with Gasteiger partial charge in [-0.05, 0) is 52.6 Å². The van der Waals surface area contributed by atoms with Gasteiger partial charge in [0.1, 0.15) is 0 Å². The highest BCUT2D eigenvalue weighted by molar-refractivity contribution is 6.62. The molecule has 3 heteroatoms. The topological polar surface area (TPSA) is 24.4 Å². The lowest BCUT2D eigenvalue weighted by molar-refractivity contribution is 0.839. The van der Waals surface area contributed by atoms with Crippen LogP contribution in [-0.4, -0.2) is 20.6 Å². The zero-order chi connectivity index (χ0) is 22.9. The van der Waals surface area contributed by atoms with Crippen LogP contribution in [0.15, 0.2) is 77.8 Å². The van der Waals surface area contributed by atoms with Crippen LogP contribution in [-0.2, 0) is 6.42 Å². The fraction of sp³-hybridized carbons (Fsp3) is 0.345. The average Bonchev–Trinajstić information content (AvgIpc) is 2.81. The van der Waals surface area contributed by atoms with E-state index in [4.69, 9.17) is 0 Å². The number of nitrogens with zero attached hydrogens (tertiary/aromatic N) is 1. The van der Waals surface area contributed by atoms with Gasteiger partial charge in [-0.15, -0.1) is 0 Å². The second kappa shape index (κ2) is 12.1. The molecular weight excluding hydrogens is 403 g/mol. The number of hydrogen-bond acceptors (Lipinski definition) is 2. The van der Waals surface area contributed by atoms with Crippen LogP contribution in [0.25, 0.3) is 0 Å². The number of aliphatic imine (C=N–C) groups is 1. The largest absolute Gasteiger partial charge is 0.476 e. The van der Waals surface area contributed by atoms with Gasteiger partial charge >= 0.3 is 14.4 Å². The summed E-state index contributed by atoms with van der Waals surface area (Å²) in [5.41, 5.74) is 7.94. The maximum atomic E-state index is 4.68. The molecule has 0 aromatic heterocycles. The third-order valence-corrected chi connectivity index (χ3v) is 8.81. The average molecular weight is 441 g/mol. The summed E-state index contributed by atoms with van der Waals surface area (Å²) < 4.78 is 4.08. The molecule has 0 atom stereocenters. The first-order valence-electron chi connectivity index (χ1n) is 12.1. The fourth-order valence-corrected chi connectivity index (χ4v) is 6.33. The Bertz CT molecular complexity index is 982. The number of aryl methyl sites for hydroxylation is 1. The molecule has 0 amide bonds. The molecule has 0 bridgehead atoms. The van der Waals surface area contributed by atoms with E-state index in [-0.39, 0.29) is 0 Å². The van der Waals surface area contributed by atoms with Crippen molar-refractivity contribution in [2.45, 2.75) is 63.4 Å². The summed E-state index contributed by atoms with van der Waals surface area (Å²) in [5.74, 6) is 1.05. The molecule has 0 saturated heterocycles. The van der Waals surface area contributed by atoms with Gasteiger partial charge in [0.05, 0.1) is 5.69 Å². The Kier molecular flexibility index (Phi) is 9.15. The molecule has 166 valence electrons. The third-order valence-electron chi connectivity index (χ3n) is 6.14. The van der Waals surface area contributed by atoms with Crippen molar-refractivity contribution >= 4 is 32.0 Å². The molecule has 0 fully saturated rings. The van der Waals surface area contributed by atoms with E-state index >= 15 is 0 Å². The van der Waals surface area contributed by atoms with Crippen molar-refractivity contribution in [1.29, 1.82) is 0 Å². The Morgan fingerprint density at radius 1 is 0.812 bits per heavy atom. The van der Waals surface area contributed by atoms with Crippen LogP contribution in [0.1, 0.15) is 68.7 Å².